The van der Waals surface area contributed by atoms with E-state index in [9.17, 15) is 0 Å². The molecule has 0 bridgehead atoms. The molecule has 2 N–H and O–H groups in total. The van der Waals surface area contributed by atoms with Gasteiger partial charge in [0.25, 0.3) is 0 Å². The first-order valence-electron chi connectivity index (χ1n) is 7.18. The maximum absolute atomic E-state index is 4.43. The van der Waals surface area contributed by atoms with Crippen molar-refractivity contribution in [1.82, 2.24) is 19.9 Å². The van der Waals surface area contributed by atoms with Gasteiger partial charge in [-0.15, -0.1) is 0 Å². The second kappa shape index (κ2) is 6.69. The van der Waals surface area contributed by atoms with Gasteiger partial charge in [-0.25, -0.2) is 0 Å². The summed E-state index contributed by atoms with van der Waals surface area (Å²) in [5.74, 6) is 1.86. The second-order valence-electron chi connectivity index (χ2n) is 5.48. The van der Waals surface area contributed by atoms with Crippen LogP contribution in [0.2, 0.25) is 0 Å². The van der Waals surface area contributed by atoms with Crippen LogP contribution in [0.5, 0.6) is 0 Å². The zero-order valence-corrected chi connectivity index (χ0v) is 12.8. The van der Waals surface area contributed by atoms with Gasteiger partial charge >= 0.3 is 0 Å². The summed E-state index contributed by atoms with van der Waals surface area (Å²) in [7, 11) is 5.66. The Morgan fingerprint density at radius 2 is 1.80 bits per heavy atom. The predicted octanol–water partition coefficient (Wildman–Crippen LogP) is 0.875. The van der Waals surface area contributed by atoms with Crippen molar-refractivity contribution in [3.63, 3.8) is 0 Å². The third-order valence-electron chi connectivity index (χ3n) is 3.35. The number of nitrogens with one attached hydrogen (secondary N) is 2. The van der Waals surface area contributed by atoms with Gasteiger partial charge in [0.2, 0.25) is 17.8 Å². The van der Waals surface area contributed by atoms with Crippen molar-refractivity contribution in [2.45, 2.75) is 25.8 Å². The second-order valence-corrected chi connectivity index (χ2v) is 5.48. The Morgan fingerprint density at radius 3 is 2.40 bits per heavy atom. The molecule has 0 aliphatic carbocycles. The van der Waals surface area contributed by atoms with Gasteiger partial charge in [0.15, 0.2) is 0 Å². The average Bonchev–Trinajstić information content (AvgIpc) is 2.90. The van der Waals surface area contributed by atoms with E-state index >= 15 is 0 Å². The Labute approximate surface area is 120 Å². The molecule has 0 amide bonds. The zero-order chi connectivity index (χ0) is 14.5. The van der Waals surface area contributed by atoms with E-state index < -0.39 is 0 Å². The number of likely N-dealkylation sites (tertiary alicyclic amines) is 1. The van der Waals surface area contributed by atoms with Crippen LogP contribution < -0.4 is 15.5 Å². The maximum Gasteiger partial charge on any atom is 0.231 e. The van der Waals surface area contributed by atoms with Crippen molar-refractivity contribution < 1.29 is 0 Å². The van der Waals surface area contributed by atoms with Crippen LogP contribution in [0.25, 0.3) is 0 Å². The molecule has 7 heteroatoms. The monoisotopic (exact) mass is 279 g/mol. The van der Waals surface area contributed by atoms with Gasteiger partial charge in [0, 0.05) is 33.7 Å². The predicted molar refractivity (Wildman–Crippen MR) is 82.5 cm³/mol. The Hall–Kier alpha value is -1.63. The van der Waals surface area contributed by atoms with Crippen molar-refractivity contribution in [2.24, 2.45) is 0 Å². The van der Waals surface area contributed by atoms with Crippen LogP contribution in [0.15, 0.2) is 0 Å². The van der Waals surface area contributed by atoms with Crippen LogP contribution in [-0.2, 0) is 0 Å². The normalized spacial score (nSPS) is 17.0. The fraction of sp³-hybridized carbons (Fsp3) is 0.769. The van der Waals surface area contributed by atoms with Crippen LogP contribution in [0.4, 0.5) is 17.8 Å². The van der Waals surface area contributed by atoms with E-state index in [2.05, 4.69) is 37.4 Å². The van der Waals surface area contributed by atoms with Crippen molar-refractivity contribution in [3.05, 3.63) is 0 Å². The van der Waals surface area contributed by atoms with E-state index in [1.807, 2.05) is 26.0 Å². The van der Waals surface area contributed by atoms with Crippen molar-refractivity contribution >= 4 is 17.8 Å². The molecule has 112 valence electrons. The van der Waals surface area contributed by atoms with Crippen LogP contribution >= 0.6 is 0 Å². The Balaban J connectivity index is 2.01. The average molecular weight is 279 g/mol. The van der Waals surface area contributed by atoms with Crippen molar-refractivity contribution in [3.8, 4) is 0 Å². The summed E-state index contributed by atoms with van der Waals surface area (Å²) in [5.41, 5.74) is 0. The summed E-state index contributed by atoms with van der Waals surface area (Å²) in [6, 6.07) is 0.315. The minimum Gasteiger partial charge on any atom is -0.357 e. The molecule has 2 heterocycles. The highest BCUT2D eigenvalue weighted by molar-refractivity contribution is 5.43. The number of hydrogen-bond acceptors (Lipinski definition) is 7. The molecule has 0 radical (unpaired) electrons. The van der Waals surface area contributed by atoms with Gasteiger partial charge in [-0.05, 0) is 32.9 Å². The SMILES string of the molecule is CNc1nc(NC(C)CN2CCCC2)nc(N(C)C)n1. The van der Waals surface area contributed by atoms with Gasteiger partial charge in [-0.2, -0.15) is 15.0 Å². The fourth-order valence-electron chi connectivity index (χ4n) is 2.36. The lowest BCUT2D eigenvalue weighted by Gasteiger charge is -2.21. The first-order valence-corrected chi connectivity index (χ1v) is 7.18. The molecule has 2 rings (SSSR count). The van der Waals surface area contributed by atoms with Gasteiger partial charge in [-0.1, -0.05) is 0 Å². The van der Waals surface area contributed by atoms with E-state index in [-0.39, 0.29) is 0 Å². The molecular weight excluding hydrogens is 254 g/mol. The molecule has 1 aromatic heterocycles. The highest BCUT2D eigenvalue weighted by atomic mass is 15.3. The summed E-state index contributed by atoms with van der Waals surface area (Å²) >= 11 is 0. The topological polar surface area (TPSA) is 69.2 Å². The van der Waals surface area contributed by atoms with E-state index in [0.29, 0.717) is 23.9 Å². The molecule has 20 heavy (non-hydrogen) atoms. The maximum atomic E-state index is 4.43. The lowest BCUT2D eigenvalue weighted by atomic mass is 10.3. The van der Waals surface area contributed by atoms with Crippen LogP contribution in [0.3, 0.4) is 0 Å². The van der Waals surface area contributed by atoms with Crippen LogP contribution in [0, 0.1) is 0 Å². The largest absolute Gasteiger partial charge is 0.357 e. The zero-order valence-electron chi connectivity index (χ0n) is 12.8. The highest BCUT2D eigenvalue weighted by Crippen LogP contribution is 2.13. The van der Waals surface area contributed by atoms with E-state index in [4.69, 9.17) is 0 Å². The van der Waals surface area contributed by atoms with Crippen molar-refractivity contribution in [2.75, 3.05) is 56.3 Å². The molecule has 1 aromatic rings. The van der Waals surface area contributed by atoms with Crippen LogP contribution in [0.1, 0.15) is 19.8 Å². The fourth-order valence-corrected chi connectivity index (χ4v) is 2.36. The number of anilines is 3. The van der Waals surface area contributed by atoms with E-state index in [1.165, 1.54) is 25.9 Å². The van der Waals surface area contributed by atoms with Gasteiger partial charge in [0.1, 0.15) is 0 Å². The quantitative estimate of drug-likeness (QED) is 0.801. The summed E-state index contributed by atoms with van der Waals surface area (Å²) in [6.45, 7) is 5.59. The molecule has 1 unspecified atom stereocenters. The number of aromatic nitrogens is 3. The summed E-state index contributed by atoms with van der Waals surface area (Å²) in [4.78, 5) is 17.4. The molecular formula is C13H25N7. The first-order chi connectivity index (χ1) is 9.58. The van der Waals surface area contributed by atoms with Crippen LogP contribution in [-0.4, -0.2) is 66.7 Å². The summed E-state index contributed by atoms with van der Waals surface area (Å²) in [6.07, 6.45) is 2.63. The molecule has 0 saturated carbocycles. The molecule has 1 aliphatic heterocycles. The Bertz CT molecular complexity index is 429. The van der Waals surface area contributed by atoms with Gasteiger partial charge in [-0.3, -0.25) is 0 Å². The molecule has 7 nitrogen and oxygen atoms in total. The lowest BCUT2D eigenvalue weighted by molar-refractivity contribution is 0.327. The summed E-state index contributed by atoms with van der Waals surface area (Å²) in [5, 5.41) is 6.34. The van der Waals surface area contributed by atoms with E-state index in [0.717, 1.165) is 6.54 Å². The smallest absolute Gasteiger partial charge is 0.231 e. The molecule has 1 aliphatic rings. The molecule has 0 aromatic carbocycles. The molecule has 1 atom stereocenters. The van der Waals surface area contributed by atoms with Gasteiger partial charge < -0.3 is 20.4 Å². The van der Waals surface area contributed by atoms with E-state index in [1.54, 1.807) is 0 Å². The minimum absolute atomic E-state index is 0.315. The third-order valence-corrected chi connectivity index (χ3v) is 3.35. The summed E-state index contributed by atoms with van der Waals surface area (Å²) < 4.78 is 0. The Kier molecular flexibility index (Phi) is 4.94. The lowest BCUT2D eigenvalue weighted by Crippen LogP contribution is -2.33. The number of hydrogen-bond donors (Lipinski definition) is 2. The highest BCUT2D eigenvalue weighted by Gasteiger charge is 2.16. The van der Waals surface area contributed by atoms with Crippen molar-refractivity contribution in [1.29, 1.82) is 0 Å². The molecule has 0 spiro atoms. The Morgan fingerprint density at radius 1 is 1.15 bits per heavy atom. The minimum atomic E-state index is 0.315. The van der Waals surface area contributed by atoms with Gasteiger partial charge in [0.05, 0.1) is 0 Å². The first kappa shape index (κ1) is 14.8. The number of rotatable bonds is 6. The number of nitrogens with zero attached hydrogens (tertiary/aromatic N) is 5. The molecule has 1 saturated heterocycles. The third kappa shape index (κ3) is 3.93. The standard InChI is InChI=1S/C13H25N7/c1-10(9-20-7-5-6-8-20)15-12-16-11(14-2)17-13(18-12)19(3)4/h10H,5-9H2,1-4H3,(H2,14,15,16,17,18). The molecule has 1 fully saturated rings.